The maximum Gasteiger partial charge on any atom is 0.146 e. The first-order chi connectivity index (χ1) is 6.16. The minimum Gasteiger partial charge on any atom is -0.481 e. The molecule has 1 heterocycles. The lowest BCUT2D eigenvalue weighted by atomic mass is 10.2. The molecule has 0 spiro atoms. The van der Waals surface area contributed by atoms with E-state index in [1.54, 1.807) is 0 Å². The number of hydrogen-bond acceptors (Lipinski definition) is 2. The van der Waals surface area contributed by atoms with E-state index in [0.717, 1.165) is 16.4 Å². The average Bonchev–Trinajstić information content (AvgIpc) is 2.08. The Bertz CT molecular complexity index is 362. The van der Waals surface area contributed by atoms with Crippen LogP contribution >= 0.6 is 12.2 Å². The van der Waals surface area contributed by atoms with E-state index in [2.05, 4.69) is 5.32 Å². The van der Waals surface area contributed by atoms with Gasteiger partial charge in [0.05, 0.1) is 5.69 Å². The van der Waals surface area contributed by atoms with Crippen LogP contribution in [0.3, 0.4) is 0 Å². The molecule has 0 aromatic heterocycles. The summed E-state index contributed by atoms with van der Waals surface area (Å²) in [5, 5.41) is 3.16. The van der Waals surface area contributed by atoms with Gasteiger partial charge in [-0.3, -0.25) is 0 Å². The predicted molar refractivity (Wildman–Crippen MR) is 57.5 cm³/mol. The second kappa shape index (κ2) is 3.00. The summed E-state index contributed by atoms with van der Waals surface area (Å²) in [4.78, 5) is 0.748. The van der Waals surface area contributed by atoms with Crippen LogP contribution in [-0.2, 0) is 0 Å². The molecule has 13 heavy (non-hydrogen) atoms. The first-order valence-corrected chi connectivity index (χ1v) is 4.66. The van der Waals surface area contributed by atoms with Gasteiger partial charge in [-0.05, 0) is 31.5 Å². The molecule has 1 atom stereocenters. The number of benzene rings is 1. The van der Waals surface area contributed by atoms with Gasteiger partial charge in [0.1, 0.15) is 16.8 Å². The normalized spacial score (nSPS) is 20.2. The van der Waals surface area contributed by atoms with Crippen molar-refractivity contribution in [3.63, 3.8) is 0 Å². The van der Waals surface area contributed by atoms with Crippen molar-refractivity contribution in [1.82, 2.24) is 0 Å². The molecule has 0 bridgehead atoms. The first kappa shape index (κ1) is 8.51. The molecular formula is C10H11NOS. The molecular weight excluding hydrogens is 182 g/mol. The molecule has 1 aromatic rings. The topological polar surface area (TPSA) is 21.3 Å². The van der Waals surface area contributed by atoms with E-state index in [-0.39, 0.29) is 6.10 Å². The molecule has 0 fully saturated rings. The second-order valence-corrected chi connectivity index (χ2v) is 3.69. The number of ether oxygens (including phenoxy) is 1. The van der Waals surface area contributed by atoms with Crippen LogP contribution < -0.4 is 10.1 Å². The highest BCUT2D eigenvalue weighted by Crippen LogP contribution is 2.30. The molecule has 0 saturated heterocycles. The van der Waals surface area contributed by atoms with Crippen molar-refractivity contribution in [1.29, 1.82) is 0 Å². The molecule has 2 rings (SSSR count). The summed E-state index contributed by atoms with van der Waals surface area (Å²) in [6.45, 7) is 3.99. The summed E-state index contributed by atoms with van der Waals surface area (Å²) >= 11 is 5.11. The number of aryl methyl sites for hydroxylation is 1. The van der Waals surface area contributed by atoms with Crippen LogP contribution in [0.25, 0.3) is 0 Å². The van der Waals surface area contributed by atoms with Crippen LogP contribution in [0, 0.1) is 6.92 Å². The summed E-state index contributed by atoms with van der Waals surface area (Å²) in [6.07, 6.45) is -0.0230. The Balaban J connectivity index is 2.42. The van der Waals surface area contributed by atoms with E-state index in [0.29, 0.717) is 0 Å². The molecule has 3 heteroatoms. The fraction of sp³-hybridized carbons (Fsp3) is 0.300. The molecule has 1 aliphatic rings. The van der Waals surface area contributed by atoms with Gasteiger partial charge in [0.25, 0.3) is 0 Å². The third-order valence-electron chi connectivity index (χ3n) is 2.07. The number of fused-ring (bicyclic) bond motifs is 1. The summed E-state index contributed by atoms with van der Waals surface area (Å²) in [6, 6.07) is 6.03. The molecule has 2 nitrogen and oxygen atoms in total. The molecule has 0 saturated carbocycles. The summed E-state index contributed by atoms with van der Waals surface area (Å²) in [5.41, 5.74) is 2.18. The van der Waals surface area contributed by atoms with Gasteiger partial charge in [0.15, 0.2) is 0 Å². The summed E-state index contributed by atoms with van der Waals surface area (Å²) in [5.74, 6) is 0.881. The van der Waals surface area contributed by atoms with Crippen LogP contribution in [-0.4, -0.2) is 11.1 Å². The fourth-order valence-corrected chi connectivity index (χ4v) is 1.48. The van der Waals surface area contributed by atoms with Gasteiger partial charge in [-0.1, -0.05) is 18.3 Å². The van der Waals surface area contributed by atoms with Crippen molar-refractivity contribution in [2.45, 2.75) is 20.0 Å². The predicted octanol–water partition coefficient (Wildman–Crippen LogP) is 2.52. The number of rotatable bonds is 0. The van der Waals surface area contributed by atoms with Crippen LogP contribution in [0.4, 0.5) is 5.69 Å². The average molecular weight is 193 g/mol. The minimum absolute atomic E-state index is 0.0230. The van der Waals surface area contributed by atoms with Crippen LogP contribution in [0.2, 0.25) is 0 Å². The Morgan fingerprint density at radius 1 is 1.46 bits per heavy atom. The van der Waals surface area contributed by atoms with Crippen molar-refractivity contribution in [3.8, 4) is 5.75 Å². The SMILES string of the molecule is Cc1ccc2c(c1)NC(=S)C(C)O2. The van der Waals surface area contributed by atoms with Crippen LogP contribution in [0.15, 0.2) is 18.2 Å². The highest BCUT2D eigenvalue weighted by atomic mass is 32.1. The van der Waals surface area contributed by atoms with Crippen molar-refractivity contribution in [2.24, 2.45) is 0 Å². The maximum atomic E-state index is 5.60. The second-order valence-electron chi connectivity index (χ2n) is 3.25. The van der Waals surface area contributed by atoms with Gasteiger partial charge in [0, 0.05) is 0 Å². The first-order valence-electron chi connectivity index (χ1n) is 4.25. The molecule has 68 valence electrons. The molecule has 1 aromatic carbocycles. The van der Waals surface area contributed by atoms with E-state index >= 15 is 0 Å². The minimum atomic E-state index is -0.0230. The van der Waals surface area contributed by atoms with Crippen molar-refractivity contribution in [3.05, 3.63) is 23.8 Å². The van der Waals surface area contributed by atoms with Crippen molar-refractivity contribution in [2.75, 3.05) is 5.32 Å². The lowest BCUT2D eigenvalue weighted by Gasteiger charge is -2.25. The summed E-state index contributed by atoms with van der Waals surface area (Å²) in [7, 11) is 0. The Morgan fingerprint density at radius 2 is 2.23 bits per heavy atom. The van der Waals surface area contributed by atoms with Crippen LogP contribution in [0.1, 0.15) is 12.5 Å². The van der Waals surface area contributed by atoms with E-state index in [4.69, 9.17) is 17.0 Å². The van der Waals surface area contributed by atoms with Gasteiger partial charge in [0.2, 0.25) is 0 Å². The number of thiocarbonyl (C=S) groups is 1. The molecule has 0 aliphatic carbocycles. The number of hydrogen-bond donors (Lipinski definition) is 1. The maximum absolute atomic E-state index is 5.60. The van der Waals surface area contributed by atoms with Gasteiger partial charge in [-0.25, -0.2) is 0 Å². The smallest absolute Gasteiger partial charge is 0.146 e. The zero-order chi connectivity index (χ0) is 9.42. The van der Waals surface area contributed by atoms with E-state index in [1.165, 1.54) is 5.56 Å². The number of anilines is 1. The van der Waals surface area contributed by atoms with E-state index in [9.17, 15) is 0 Å². The lowest BCUT2D eigenvalue weighted by Crippen LogP contribution is -2.32. The molecule has 1 N–H and O–H groups in total. The van der Waals surface area contributed by atoms with Gasteiger partial charge >= 0.3 is 0 Å². The number of nitrogens with one attached hydrogen (secondary N) is 1. The highest BCUT2D eigenvalue weighted by Gasteiger charge is 2.19. The Kier molecular flexibility index (Phi) is 1.96. The third kappa shape index (κ3) is 1.52. The molecule has 0 radical (unpaired) electrons. The van der Waals surface area contributed by atoms with Crippen LogP contribution in [0.5, 0.6) is 5.75 Å². The Hall–Kier alpha value is -1.09. The Labute approximate surface area is 82.9 Å². The Morgan fingerprint density at radius 3 is 3.00 bits per heavy atom. The quantitative estimate of drug-likeness (QED) is 0.640. The zero-order valence-corrected chi connectivity index (χ0v) is 8.44. The molecule has 1 aliphatic heterocycles. The van der Waals surface area contributed by atoms with E-state index < -0.39 is 0 Å². The zero-order valence-electron chi connectivity index (χ0n) is 7.63. The third-order valence-corrected chi connectivity index (χ3v) is 2.50. The standard InChI is InChI=1S/C10H11NOS/c1-6-3-4-9-8(5-6)11-10(13)7(2)12-9/h3-5,7H,1-2H3,(H,11,13). The molecule has 1 unspecified atom stereocenters. The van der Waals surface area contributed by atoms with Gasteiger partial charge < -0.3 is 10.1 Å². The lowest BCUT2D eigenvalue weighted by molar-refractivity contribution is 0.285. The van der Waals surface area contributed by atoms with Gasteiger partial charge in [-0.15, -0.1) is 0 Å². The van der Waals surface area contributed by atoms with Gasteiger partial charge in [-0.2, -0.15) is 0 Å². The van der Waals surface area contributed by atoms with Crippen molar-refractivity contribution >= 4 is 22.9 Å². The summed E-state index contributed by atoms with van der Waals surface area (Å²) < 4.78 is 5.60. The largest absolute Gasteiger partial charge is 0.481 e. The molecule has 0 amide bonds. The fourth-order valence-electron chi connectivity index (χ4n) is 1.32. The highest BCUT2D eigenvalue weighted by molar-refractivity contribution is 7.80. The van der Waals surface area contributed by atoms with E-state index in [1.807, 2.05) is 32.0 Å². The monoisotopic (exact) mass is 193 g/mol. The van der Waals surface area contributed by atoms with Crippen molar-refractivity contribution < 1.29 is 4.74 Å².